The SMILES string of the molecule is COc1nc(-c2cncs2)ccc1NC(=O)c1c(-c2ccccc2)noc1C. The van der Waals surface area contributed by atoms with Crippen LogP contribution < -0.4 is 10.1 Å². The highest BCUT2D eigenvalue weighted by Crippen LogP contribution is 2.30. The number of hydrogen-bond donors (Lipinski definition) is 1. The Hall–Kier alpha value is -3.52. The van der Waals surface area contributed by atoms with Gasteiger partial charge in [0.1, 0.15) is 22.7 Å². The molecule has 28 heavy (non-hydrogen) atoms. The van der Waals surface area contributed by atoms with Gasteiger partial charge in [0.25, 0.3) is 5.91 Å². The van der Waals surface area contributed by atoms with Crippen LogP contribution in [0.2, 0.25) is 0 Å². The van der Waals surface area contributed by atoms with Crippen LogP contribution in [0.25, 0.3) is 21.8 Å². The summed E-state index contributed by atoms with van der Waals surface area (Å²) < 4.78 is 10.6. The van der Waals surface area contributed by atoms with Gasteiger partial charge in [0.2, 0.25) is 5.88 Å². The summed E-state index contributed by atoms with van der Waals surface area (Å²) in [6.07, 6.45) is 1.73. The van der Waals surface area contributed by atoms with E-state index in [2.05, 4.69) is 20.4 Å². The second-order valence-corrected chi connectivity index (χ2v) is 6.79. The lowest BCUT2D eigenvalue weighted by atomic mass is 10.1. The van der Waals surface area contributed by atoms with Crippen molar-refractivity contribution in [3.8, 4) is 27.7 Å². The number of aryl methyl sites for hydroxylation is 1. The van der Waals surface area contributed by atoms with Crippen LogP contribution in [0.15, 0.2) is 58.7 Å². The highest BCUT2D eigenvalue weighted by molar-refractivity contribution is 7.13. The lowest BCUT2D eigenvalue weighted by Gasteiger charge is -2.10. The Morgan fingerprint density at radius 3 is 2.71 bits per heavy atom. The van der Waals surface area contributed by atoms with E-state index in [1.807, 2.05) is 36.4 Å². The van der Waals surface area contributed by atoms with Gasteiger partial charge in [-0.2, -0.15) is 0 Å². The maximum Gasteiger partial charge on any atom is 0.261 e. The van der Waals surface area contributed by atoms with Crippen LogP contribution in [0.3, 0.4) is 0 Å². The number of ether oxygens (including phenoxy) is 1. The Morgan fingerprint density at radius 1 is 1.18 bits per heavy atom. The summed E-state index contributed by atoms with van der Waals surface area (Å²) in [7, 11) is 1.51. The maximum absolute atomic E-state index is 13.0. The first kappa shape index (κ1) is 17.9. The number of benzene rings is 1. The summed E-state index contributed by atoms with van der Waals surface area (Å²) in [5.41, 5.74) is 4.58. The molecule has 0 aliphatic heterocycles. The average Bonchev–Trinajstić information content (AvgIpc) is 3.39. The van der Waals surface area contributed by atoms with Crippen LogP contribution in [0.4, 0.5) is 5.69 Å². The van der Waals surface area contributed by atoms with Crippen molar-refractivity contribution in [3.05, 3.63) is 65.5 Å². The highest BCUT2D eigenvalue weighted by atomic mass is 32.1. The van der Waals surface area contributed by atoms with Crippen molar-refractivity contribution in [3.63, 3.8) is 0 Å². The third-order valence-electron chi connectivity index (χ3n) is 4.12. The zero-order valence-corrected chi connectivity index (χ0v) is 16.0. The van der Waals surface area contributed by atoms with Crippen molar-refractivity contribution in [1.29, 1.82) is 0 Å². The molecule has 4 rings (SSSR count). The Labute approximate surface area is 165 Å². The third kappa shape index (κ3) is 3.37. The fraction of sp³-hybridized carbons (Fsp3) is 0.100. The largest absolute Gasteiger partial charge is 0.479 e. The number of hydrogen-bond acceptors (Lipinski definition) is 7. The molecule has 0 unspecified atom stereocenters. The van der Waals surface area contributed by atoms with Gasteiger partial charge in [-0.15, -0.1) is 11.3 Å². The molecular weight excluding hydrogens is 376 g/mol. The predicted molar refractivity (Wildman–Crippen MR) is 107 cm³/mol. The molecule has 3 heterocycles. The number of rotatable bonds is 5. The van der Waals surface area contributed by atoms with Crippen LogP contribution >= 0.6 is 11.3 Å². The van der Waals surface area contributed by atoms with Gasteiger partial charge in [-0.25, -0.2) is 4.98 Å². The minimum Gasteiger partial charge on any atom is -0.479 e. The molecule has 1 aromatic carbocycles. The smallest absolute Gasteiger partial charge is 0.261 e. The fourth-order valence-electron chi connectivity index (χ4n) is 2.79. The molecule has 0 aliphatic rings. The molecule has 1 amide bonds. The van der Waals surface area contributed by atoms with Crippen molar-refractivity contribution < 1.29 is 14.1 Å². The van der Waals surface area contributed by atoms with E-state index < -0.39 is 0 Å². The van der Waals surface area contributed by atoms with Gasteiger partial charge in [-0.05, 0) is 19.1 Å². The molecule has 1 N–H and O–H groups in total. The van der Waals surface area contributed by atoms with Crippen LogP contribution in [-0.2, 0) is 0 Å². The average molecular weight is 392 g/mol. The third-order valence-corrected chi connectivity index (χ3v) is 4.92. The van der Waals surface area contributed by atoms with E-state index in [9.17, 15) is 4.79 Å². The molecule has 3 aromatic heterocycles. The summed E-state index contributed by atoms with van der Waals surface area (Å²) in [6.45, 7) is 1.71. The van der Waals surface area contributed by atoms with Crippen molar-refractivity contribution >= 4 is 22.9 Å². The number of carbonyl (C=O) groups excluding carboxylic acids is 1. The molecule has 0 atom stereocenters. The zero-order chi connectivity index (χ0) is 19.5. The highest BCUT2D eigenvalue weighted by Gasteiger charge is 2.23. The second-order valence-electron chi connectivity index (χ2n) is 5.90. The second kappa shape index (κ2) is 7.61. The van der Waals surface area contributed by atoms with Crippen molar-refractivity contribution in [2.75, 3.05) is 12.4 Å². The molecule has 7 nitrogen and oxygen atoms in total. The number of methoxy groups -OCH3 is 1. The predicted octanol–water partition coefficient (Wildman–Crippen LogP) is 4.43. The van der Waals surface area contributed by atoms with E-state index in [1.165, 1.54) is 18.4 Å². The van der Waals surface area contributed by atoms with E-state index in [1.54, 1.807) is 24.7 Å². The number of nitrogens with zero attached hydrogens (tertiary/aromatic N) is 3. The lowest BCUT2D eigenvalue weighted by Crippen LogP contribution is -2.14. The van der Waals surface area contributed by atoms with E-state index in [0.29, 0.717) is 28.6 Å². The fourth-order valence-corrected chi connectivity index (χ4v) is 3.38. The first-order chi connectivity index (χ1) is 13.7. The van der Waals surface area contributed by atoms with Crippen molar-refractivity contribution in [2.24, 2.45) is 0 Å². The summed E-state index contributed by atoms with van der Waals surface area (Å²) in [5.74, 6) is 0.405. The van der Waals surface area contributed by atoms with Gasteiger partial charge in [-0.3, -0.25) is 9.78 Å². The molecule has 140 valence electrons. The minimum absolute atomic E-state index is 0.314. The Balaban J connectivity index is 1.65. The van der Waals surface area contributed by atoms with E-state index in [0.717, 1.165) is 16.1 Å². The molecule has 4 aromatic rings. The van der Waals surface area contributed by atoms with Crippen LogP contribution in [0.1, 0.15) is 16.1 Å². The van der Waals surface area contributed by atoms with Crippen LogP contribution in [-0.4, -0.2) is 28.1 Å². The van der Waals surface area contributed by atoms with Gasteiger partial charge >= 0.3 is 0 Å². The number of amides is 1. The molecule has 0 radical (unpaired) electrons. The van der Waals surface area contributed by atoms with Gasteiger partial charge in [-0.1, -0.05) is 35.5 Å². The lowest BCUT2D eigenvalue weighted by molar-refractivity contribution is 0.102. The molecule has 0 bridgehead atoms. The van der Waals surface area contributed by atoms with Crippen molar-refractivity contribution in [1.82, 2.24) is 15.1 Å². The zero-order valence-electron chi connectivity index (χ0n) is 15.2. The Morgan fingerprint density at radius 2 is 2.00 bits per heavy atom. The molecule has 8 heteroatoms. The standard InChI is InChI=1S/C20H16N4O3S/c1-12-17(18(24-27-12)13-6-4-3-5-7-13)19(25)22-15-9-8-14(23-20(15)26-2)16-10-21-11-28-16/h3-11H,1-2H3,(H,22,25). The molecule has 0 aliphatic carbocycles. The summed E-state index contributed by atoms with van der Waals surface area (Å²) in [4.78, 5) is 22.4. The molecule has 0 spiro atoms. The van der Waals surface area contributed by atoms with Gasteiger partial charge in [0, 0.05) is 11.8 Å². The van der Waals surface area contributed by atoms with E-state index >= 15 is 0 Å². The number of carbonyl (C=O) groups is 1. The number of anilines is 1. The maximum atomic E-state index is 13.0. The van der Waals surface area contributed by atoms with E-state index in [-0.39, 0.29) is 5.91 Å². The molecular formula is C20H16N4O3S. The number of nitrogens with one attached hydrogen (secondary N) is 1. The van der Waals surface area contributed by atoms with Crippen LogP contribution in [0, 0.1) is 6.92 Å². The first-order valence-corrected chi connectivity index (χ1v) is 9.32. The minimum atomic E-state index is -0.344. The number of aromatic nitrogens is 3. The summed E-state index contributed by atoms with van der Waals surface area (Å²) >= 11 is 1.48. The molecule has 0 saturated heterocycles. The van der Waals surface area contributed by atoms with Crippen LogP contribution in [0.5, 0.6) is 5.88 Å². The number of pyridine rings is 1. The van der Waals surface area contributed by atoms with Crippen molar-refractivity contribution in [2.45, 2.75) is 6.92 Å². The van der Waals surface area contributed by atoms with Gasteiger partial charge < -0.3 is 14.6 Å². The van der Waals surface area contributed by atoms with Gasteiger partial charge in [0.15, 0.2) is 0 Å². The normalized spacial score (nSPS) is 10.6. The Kier molecular flexibility index (Phi) is 4.86. The number of thiazole rings is 1. The summed E-state index contributed by atoms with van der Waals surface area (Å²) in [6, 6.07) is 13.0. The molecule has 0 fully saturated rings. The van der Waals surface area contributed by atoms with E-state index in [4.69, 9.17) is 9.26 Å². The monoisotopic (exact) mass is 392 g/mol. The first-order valence-electron chi connectivity index (χ1n) is 8.44. The topological polar surface area (TPSA) is 90.1 Å². The molecule has 0 saturated carbocycles. The summed E-state index contributed by atoms with van der Waals surface area (Å²) in [5, 5.41) is 6.90. The quantitative estimate of drug-likeness (QED) is 0.540. The Bertz CT molecular complexity index is 1110. The van der Waals surface area contributed by atoms with Gasteiger partial charge in [0.05, 0.1) is 23.2 Å².